The molecule has 0 aromatic carbocycles. The van der Waals surface area contributed by atoms with Gasteiger partial charge < -0.3 is 0 Å². The Balaban J connectivity index is -0.0000000319. The average Bonchev–Trinajstić information content (AvgIpc) is 1.85. The SMILES string of the molecule is [Bi+3].[Bi+3].[O]=[Mo](=[O])([O-])[O-].[O]=[Mo](=[O])([O-])[O-].[O]=[Mo](=[O])([O-])[O-].[O]=[V](=[O])[OH].[O]=[V](=[O])[OH]. The summed E-state index contributed by atoms with van der Waals surface area (Å²) in [5.41, 5.74) is 0. The second kappa shape index (κ2) is 24.7. The van der Waals surface area contributed by atoms with Crippen molar-refractivity contribution in [3.8, 4) is 0 Å². The second-order valence-corrected chi connectivity index (χ2v) is 9.21. The molecule has 0 aliphatic rings. The van der Waals surface area contributed by atoms with E-state index in [2.05, 4.69) is 0 Å². The van der Waals surface area contributed by atoms with Gasteiger partial charge in [-0.2, -0.15) is 0 Å². The molecular weight excluding hydrogens is 1100 g/mol. The van der Waals surface area contributed by atoms with Gasteiger partial charge in [0.05, 0.1) is 0 Å². The van der Waals surface area contributed by atoms with Gasteiger partial charge in [0.25, 0.3) is 0 Å². The summed E-state index contributed by atoms with van der Waals surface area (Å²) in [6, 6.07) is 0. The molecule has 0 bridgehead atoms. The molecular formula is H2Bi2Mo3O18V2. The fourth-order valence-corrected chi connectivity index (χ4v) is 0. The molecule has 25 heavy (non-hydrogen) atoms. The molecule has 0 aliphatic heterocycles. The quantitative estimate of drug-likeness (QED) is 0.213. The molecule has 0 aliphatic carbocycles. The molecule has 2 N–H and O–H groups in total. The molecule has 0 unspecified atom stereocenters. The van der Waals surface area contributed by atoms with Crippen LogP contribution in [0.15, 0.2) is 0 Å². The zero-order valence-corrected chi connectivity index (χ0v) is 26.2. The number of rotatable bonds is 0. The normalized spacial score (nSPS) is 8.96. The zero-order valence-electron chi connectivity index (χ0n) is 10.4. The van der Waals surface area contributed by atoms with Gasteiger partial charge in [-0.05, 0) is 0 Å². The first-order valence-corrected chi connectivity index (χ1v) is 16.5. The van der Waals surface area contributed by atoms with Crippen LogP contribution in [0.2, 0.25) is 0 Å². The Morgan fingerprint density at radius 2 is 0.480 bits per heavy atom. The van der Waals surface area contributed by atoms with Crippen molar-refractivity contribution in [2.45, 2.75) is 0 Å². The van der Waals surface area contributed by atoms with Crippen molar-refractivity contribution in [1.82, 2.24) is 0 Å². The predicted octanol–water partition coefficient (Wildman–Crippen LogP) is -10.2. The number of hydrogen-bond donors (Lipinski definition) is 2. The zero-order chi connectivity index (χ0) is 20.7. The van der Waals surface area contributed by atoms with Gasteiger partial charge in [0, 0.05) is 0 Å². The van der Waals surface area contributed by atoms with Crippen LogP contribution in [0.3, 0.4) is 0 Å². The van der Waals surface area contributed by atoms with Crippen LogP contribution in [0, 0.1) is 0 Å². The van der Waals surface area contributed by atoms with Gasteiger partial charge in [-0.1, -0.05) is 0 Å². The molecule has 0 atom stereocenters. The van der Waals surface area contributed by atoms with Gasteiger partial charge in [-0.25, -0.2) is 0 Å². The van der Waals surface area contributed by atoms with Crippen LogP contribution in [0.5, 0.6) is 0 Å². The summed E-state index contributed by atoms with van der Waals surface area (Å²) in [5, 5.41) is 0. The van der Waals surface area contributed by atoms with Crippen LogP contribution in [0.25, 0.3) is 0 Å². The third-order valence-electron chi connectivity index (χ3n) is 0. The van der Waals surface area contributed by atoms with Crippen molar-refractivity contribution in [3.63, 3.8) is 0 Å². The molecule has 0 aromatic heterocycles. The summed E-state index contributed by atoms with van der Waals surface area (Å²) in [5.74, 6) is 0. The first kappa shape index (κ1) is 46.1. The summed E-state index contributed by atoms with van der Waals surface area (Å²) in [6.45, 7) is 0. The van der Waals surface area contributed by atoms with Crippen molar-refractivity contribution in [2.75, 3.05) is 0 Å². The van der Waals surface area contributed by atoms with Crippen LogP contribution < -0.4 is 22.6 Å². The minimum absolute atomic E-state index is 0. The molecule has 0 heterocycles. The first-order chi connectivity index (χ1) is 9.46. The van der Waals surface area contributed by atoms with Gasteiger partial charge in [0.1, 0.15) is 0 Å². The molecule has 25 heteroatoms. The van der Waals surface area contributed by atoms with Crippen molar-refractivity contribution < 1.29 is 147 Å². The Morgan fingerprint density at radius 3 is 0.480 bits per heavy atom. The van der Waals surface area contributed by atoms with E-state index in [1.807, 2.05) is 0 Å². The molecule has 4 radical (unpaired) electrons. The van der Waals surface area contributed by atoms with Gasteiger partial charge in [-0.15, -0.1) is 0 Å². The summed E-state index contributed by atoms with van der Waals surface area (Å²) in [6.07, 6.45) is 0. The van der Waals surface area contributed by atoms with E-state index >= 15 is 0 Å². The molecule has 0 aromatic rings. The van der Waals surface area contributed by atoms with E-state index in [1.165, 1.54) is 0 Å². The Morgan fingerprint density at radius 1 is 0.480 bits per heavy atom. The van der Waals surface area contributed by atoms with E-state index in [9.17, 15) is 0 Å². The Bertz CT molecular complexity index is 586. The van der Waals surface area contributed by atoms with E-state index in [1.54, 1.807) is 0 Å². The number of hydrogen-bond acceptors (Lipinski definition) is 16. The van der Waals surface area contributed by atoms with Gasteiger partial charge in [-0.3, -0.25) is 0 Å². The Labute approximate surface area is 196 Å². The van der Waals surface area contributed by atoms with Crippen molar-refractivity contribution in [3.05, 3.63) is 0 Å². The Hall–Kier alpha value is 2.68. The monoisotopic (exact) mass is 1100 g/mol. The third-order valence-corrected chi connectivity index (χ3v) is 0. The standard InChI is InChI=1S/2Bi.3Mo.2H2O.16O.2V/h;;;;;2*1H2;;;;;;;;;;;;;;;;;;/q2*+3;;;;;;;;;;;;;;;;6*-1;2*+1/p-2. The molecule has 0 fully saturated rings. The second-order valence-electron chi connectivity index (χ2n) is 1.70. The summed E-state index contributed by atoms with van der Waals surface area (Å²) < 4.78 is 152. The van der Waals surface area contributed by atoms with Crippen molar-refractivity contribution in [1.29, 1.82) is 0 Å². The van der Waals surface area contributed by atoms with Gasteiger partial charge in [0.15, 0.2) is 0 Å². The first-order valence-electron chi connectivity index (χ1n) is 3.13. The van der Waals surface area contributed by atoms with Crippen LogP contribution >= 0.6 is 0 Å². The minimum atomic E-state index is -6.02. The van der Waals surface area contributed by atoms with Crippen molar-refractivity contribution in [2.24, 2.45) is 0 Å². The van der Waals surface area contributed by atoms with Gasteiger partial charge >= 0.3 is 199 Å². The average molecular weight is 1100 g/mol. The fourth-order valence-electron chi connectivity index (χ4n) is 0. The van der Waals surface area contributed by atoms with Crippen molar-refractivity contribution >= 4 is 52.4 Å². The fraction of sp³-hybridized carbons (Fsp3) is 0. The third kappa shape index (κ3) is 2260. The maximum atomic E-state index is 8.67. The van der Waals surface area contributed by atoms with E-state index in [-0.39, 0.29) is 52.4 Å². The molecule has 18 nitrogen and oxygen atoms in total. The molecule has 0 spiro atoms. The van der Waals surface area contributed by atoms with Crippen LogP contribution in [-0.2, 0) is 116 Å². The topological polar surface area (TPSA) is 350 Å². The summed E-state index contributed by atoms with van der Waals surface area (Å²) in [7, 11) is 0. The van der Waals surface area contributed by atoms with E-state index in [0.717, 1.165) is 0 Å². The van der Waals surface area contributed by atoms with E-state index < -0.39 is 81.0 Å². The maximum absolute atomic E-state index is 8.67. The molecule has 148 valence electrons. The molecule has 0 amide bonds. The predicted molar refractivity (Wildman–Crippen MR) is 22.8 cm³/mol. The Kier molecular flexibility index (Phi) is 45.6. The molecule has 0 rings (SSSR count). The van der Waals surface area contributed by atoms with Crippen LogP contribution in [0.4, 0.5) is 0 Å². The summed E-state index contributed by atoms with van der Waals surface area (Å²) in [4.78, 5) is 0. The summed E-state index contributed by atoms with van der Waals surface area (Å²) >= 11 is -25.4. The van der Waals surface area contributed by atoms with E-state index in [0.29, 0.717) is 0 Å². The van der Waals surface area contributed by atoms with Crippen LogP contribution in [-0.4, -0.2) is 60.5 Å². The van der Waals surface area contributed by atoms with Crippen LogP contribution in [0.1, 0.15) is 0 Å². The molecule has 0 saturated carbocycles. The van der Waals surface area contributed by atoms with E-state index in [4.69, 9.17) is 65.7 Å². The molecule has 0 saturated heterocycles. The van der Waals surface area contributed by atoms with Gasteiger partial charge in [0.2, 0.25) is 0 Å².